The van der Waals surface area contributed by atoms with E-state index in [0.717, 1.165) is 17.5 Å². The zero-order valence-corrected chi connectivity index (χ0v) is 16.2. The van der Waals surface area contributed by atoms with Gasteiger partial charge in [-0.05, 0) is 42.2 Å². The Morgan fingerprint density at radius 3 is 2.70 bits per heavy atom. The molecule has 0 unspecified atom stereocenters. The summed E-state index contributed by atoms with van der Waals surface area (Å²) in [6, 6.07) is 12.8. The highest BCUT2D eigenvalue weighted by atomic mass is 32.2. The van der Waals surface area contributed by atoms with Crippen LogP contribution in [0.4, 0.5) is 0 Å². The average Bonchev–Trinajstić information content (AvgIpc) is 2.67. The van der Waals surface area contributed by atoms with Crippen LogP contribution in [0.5, 0.6) is 5.75 Å². The molecule has 0 spiro atoms. The summed E-state index contributed by atoms with van der Waals surface area (Å²) < 4.78 is 33.2. The van der Waals surface area contributed by atoms with E-state index in [1.807, 2.05) is 36.1 Å². The van der Waals surface area contributed by atoms with E-state index in [9.17, 15) is 13.2 Å². The molecule has 27 heavy (non-hydrogen) atoms. The summed E-state index contributed by atoms with van der Waals surface area (Å²) in [7, 11) is -2.40. The van der Waals surface area contributed by atoms with Crippen molar-refractivity contribution < 1.29 is 17.9 Å². The van der Waals surface area contributed by atoms with Crippen LogP contribution in [0.25, 0.3) is 0 Å². The molecule has 1 fully saturated rings. The number of benzene rings is 2. The highest BCUT2D eigenvalue weighted by Gasteiger charge is 2.42. The molecule has 2 heterocycles. The molecular weight excluding hydrogens is 364 g/mol. The van der Waals surface area contributed by atoms with E-state index < -0.39 is 10.0 Å². The van der Waals surface area contributed by atoms with Crippen LogP contribution in [0.2, 0.25) is 0 Å². The Bertz CT molecular complexity index is 1000. The van der Waals surface area contributed by atoms with Crippen molar-refractivity contribution in [1.29, 1.82) is 0 Å². The second-order valence-electron chi connectivity index (χ2n) is 7.00. The van der Waals surface area contributed by atoms with Crippen LogP contribution in [0.1, 0.15) is 22.7 Å². The standard InChI is InChI=1S/C20H22N2O4S/c1-14-7-8-18(26-2)19(11-14)27(24,25)21-12-17-16-6-4-3-5-15(16)9-10-22(17)20(23)13-21/h3-8,11,17H,9-10,12-13H2,1-2H3/t17-/m0/s1. The van der Waals surface area contributed by atoms with Crippen LogP contribution in [0.3, 0.4) is 0 Å². The van der Waals surface area contributed by atoms with Crippen molar-refractivity contribution in [3.05, 3.63) is 59.2 Å². The highest BCUT2D eigenvalue weighted by molar-refractivity contribution is 7.89. The zero-order chi connectivity index (χ0) is 19.2. The first-order valence-corrected chi connectivity index (χ1v) is 10.4. The Labute approximate surface area is 159 Å². The minimum absolute atomic E-state index is 0.107. The molecule has 2 aromatic carbocycles. The van der Waals surface area contributed by atoms with E-state index >= 15 is 0 Å². The number of hydrogen-bond acceptors (Lipinski definition) is 4. The Hall–Kier alpha value is -2.38. The summed E-state index contributed by atoms with van der Waals surface area (Å²) in [6.07, 6.45) is 0.802. The molecule has 1 atom stereocenters. The van der Waals surface area contributed by atoms with E-state index in [1.54, 1.807) is 18.2 Å². The SMILES string of the molecule is COc1ccc(C)cc1S(=O)(=O)N1CC(=O)N2CCc3ccccc3[C@@H]2C1. The maximum Gasteiger partial charge on any atom is 0.247 e. The number of carbonyl (C=O) groups excluding carboxylic acids is 1. The fourth-order valence-electron chi connectivity index (χ4n) is 3.95. The number of methoxy groups -OCH3 is 1. The van der Waals surface area contributed by atoms with Gasteiger partial charge in [0.15, 0.2) is 0 Å². The van der Waals surface area contributed by atoms with Crippen molar-refractivity contribution >= 4 is 15.9 Å². The lowest BCUT2D eigenvalue weighted by atomic mass is 9.91. The summed E-state index contributed by atoms with van der Waals surface area (Å²) >= 11 is 0. The van der Waals surface area contributed by atoms with Gasteiger partial charge in [0.1, 0.15) is 10.6 Å². The van der Waals surface area contributed by atoms with Crippen molar-refractivity contribution in [3.63, 3.8) is 0 Å². The summed E-state index contributed by atoms with van der Waals surface area (Å²) in [6.45, 7) is 2.57. The molecule has 1 saturated heterocycles. The van der Waals surface area contributed by atoms with Crippen LogP contribution >= 0.6 is 0 Å². The Kier molecular flexibility index (Phi) is 4.44. The maximum absolute atomic E-state index is 13.3. The topological polar surface area (TPSA) is 66.9 Å². The molecule has 142 valence electrons. The quantitative estimate of drug-likeness (QED) is 0.811. The summed E-state index contributed by atoms with van der Waals surface area (Å²) in [5, 5.41) is 0. The van der Waals surface area contributed by atoms with Gasteiger partial charge in [0, 0.05) is 13.1 Å². The van der Waals surface area contributed by atoms with Crippen LogP contribution < -0.4 is 4.74 Å². The van der Waals surface area contributed by atoms with Crippen LogP contribution in [-0.2, 0) is 21.2 Å². The predicted molar refractivity (Wildman–Crippen MR) is 101 cm³/mol. The number of rotatable bonds is 3. The molecule has 0 saturated carbocycles. The molecule has 2 aliphatic heterocycles. The van der Waals surface area contributed by atoms with Gasteiger partial charge in [-0.2, -0.15) is 4.31 Å². The molecular formula is C20H22N2O4S. The van der Waals surface area contributed by atoms with E-state index in [0.29, 0.717) is 12.3 Å². The van der Waals surface area contributed by atoms with Crippen molar-refractivity contribution in [2.45, 2.75) is 24.3 Å². The van der Waals surface area contributed by atoms with E-state index in [4.69, 9.17) is 4.74 Å². The van der Waals surface area contributed by atoms with E-state index in [-0.39, 0.29) is 29.9 Å². The van der Waals surface area contributed by atoms with Crippen molar-refractivity contribution in [1.82, 2.24) is 9.21 Å². The predicted octanol–water partition coefficient (Wildman–Crippen LogP) is 2.13. The summed E-state index contributed by atoms with van der Waals surface area (Å²) in [5.41, 5.74) is 3.04. The van der Waals surface area contributed by atoms with E-state index in [1.165, 1.54) is 17.0 Å². The van der Waals surface area contributed by atoms with Gasteiger partial charge in [0.2, 0.25) is 15.9 Å². The van der Waals surface area contributed by atoms with Crippen LogP contribution in [0, 0.1) is 6.92 Å². The Balaban J connectivity index is 1.74. The molecule has 0 radical (unpaired) electrons. The third kappa shape index (κ3) is 3.00. The van der Waals surface area contributed by atoms with Gasteiger partial charge in [0.05, 0.1) is 19.7 Å². The van der Waals surface area contributed by atoms with Gasteiger partial charge < -0.3 is 9.64 Å². The molecule has 2 aromatic rings. The van der Waals surface area contributed by atoms with E-state index in [2.05, 4.69) is 0 Å². The van der Waals surface area contributed by atoms with Gasteiger partial charge in [-0.3, -0.25) is 4.79 Å². The molecule has 7 heteroatoms. The first-order chi connectivity index (χ1) is 12.9. The Morgan fingerprint density at radius 1 is 1.15 bits per heavy atom. The van der Waals surface area contributed by atoms with Crippen LogP contribution in [-0.4, -0.2) is 50.3 Å². The molecule has 1 amide bonds. The van der Waals surface area contributed by atoms with Crippen molar-refractivity contribution in [3.8, 4) is 5.75 Å². The number of amides is 1. The lowest BCUT2D eigenvalue weighted by Gasteiger charge is -2.44. The number of ether oxygens (including phenoxy) is 1. The number of piperazine rings is 1. The fraction of sp³-hybridized carbons (Fsp3) is 0.350. The average molecular weight is 386 g/mol. The molecule has 0 aliphatic carbocycles. The van der Waals surface area contributed by atoms with Gasteiger partial charge in [-0.1, -0.05) is 30.3 Å². The monoisotopic (exact) mass is 386 g/mol. The lowest BCUT2D eigenvalue weighted by Crippen LogP contribution is -2.55. The first-order valence-electron chi connectivity index (χ1n) is 8.94. The lowest BCUT2D eigenvalue weighted by molar-refractivity contribution is -0.138. The Morgan fingerprint density at radius 2 is 1.93 bits per heavy atom. The van der Waals surface area contributed by atoms with Crippen molar-refractivity contribution in [2.75, 3.05) is 26.7 Å². The first kappa shape index (κ1) is 18.0. The smallest absolute Gasteiger partial charge is 0.247 e. The molecule has 0 aromatic heterocycles. The molecule has 4 rings (SSSR count). The largest absolute Gasteiger partial charge is 0.495 e. The molecule has 2 aliphatic rings. The molecule has 0 bridgehead atoms. The zero-order valence-electron chi connectivity index (χ0n) is 15.4. The number of nitrogens with zero attached hydrogens (tertiary/aromatic N) is 2. The summed E-state index contributed by atoms with van der Waals surface area (Å²) in [5.74, 6) is 0.135. The molecule has 0 N–H and O–H groups in total. The number of aryl methyl sites for hydroxylation is 1. The normalized spacial score (nSPS) is 20.1. The number of sulfonamides is 1. The second-order valence-corrected chi connectivity index (χ2v) is 8.91. The molecule has 6 nitrogen and oxygen atoms in total. The highest BCUT2D eigenvalue weighted by Crippen LogP contribution is 2.36. The van der Waals surface area contributed by atoms with Gasteiger partial charge in [0.25, 0.3) is 0 Å². The van der Waals surface area contributed by atoms with Crippen molar-refractivity contribution in [2.24, 2.45) is 0 Å². The fourth-order valence-corrected chi connectivity index (χ4v) is 5.59. The summed E-state index contributed by atoms with van der Waals surface area (Å²) in [4.78, 5) is 14.7. The van der Waals surface area contributed by atoms with Gasteiger partial charge >= 0.3 is 0 Å². The minimum atomic E-state index is -3.85. The minimum Gasteiger partial charge on any atom is -0.495 e. The number of carbonyl (C=O) groups is 1. The maximum atomic E-state index is 13.3. The third-order valence-electron chi connectivity index (χ3n) is 5.36. The third-order valence-corrected chi connectivity index (χ3v) is 7.19. The second kappa shape index (κ2) is 6.65. The van der Waals surface area contributed by atoms with Crippen LogP contribution in [0.15, 0.2) is 47.4 Å². The number of hydrogen-bond donors (Lipinski definition) is 0. The van der Waals surface area contributed by atoms with Gasteiger partial charge in [-0.25, -0.2) is 8.42 Å². The van der Waals surface area contributed by atoms with Gasteiger partial charge in [-0.15, -0.1) is 0 Å². The number of fused-ring (bicyclic) bond motifs is 3.